The first-order valence-corrected chi connectivity index (χ1v) is 21.6. The molecule has 1 amide bonds. The fourth-order valence-corrected chi connectivity index (χ4v) is 9.88. The Hall–Kier alpha value is -3.51. The summed E-state index contributed by atoms with van der Waals surface area (Å²) >= 11 is 0. The number of nitrogens with two attached hydrogens (primary N) is 1. The number of rotatable bonds is 11. The van der Waals surface area contributed by atoms with Crippen LogP contribution in [0.25, 0.3) is 10.9 Å². The van der Waals surface area contributed by atoms with Crippen molar-refractivity contribution >= 4 is 28.7 Å². The number of benzene rings is 1. The van der Waals surface area contributed by atoms with Crippen LogP contribution in [0.3, 0.4) is 0 Å². The van der Waals surface area contributed by atoms with Crippen LogP contribution in [0.4, 0.5) is 9.18 Å². The number of Topliss-reactive ketones (excluding diaryl/α,β-unsaturated/α-hetero) is 1. The average molecular weight is 860 g/mol. The second-order valence-corrected chi connectivity index (χ2v) is 18.3. The van der Waals surface area contributed by atoms with E-state index in [9.17, 15) is 19.5 Å². The average Bonchev–Trinajstić information content (AvgIpc) is 3.50. The third-order valence-corrected chi connectivity index (χ3v) is 13.8. The molecular weight excluding hydrogens is 790 g/mol. The largest absolute Gasteiger partial charge is 0.497 e. The van der Waals surface area contributed by atoms with Gasteiger partial charge in [-0.05, 0) is 110 Å². The number of methoxy groups -OCH3 is 2. The molecule has 4 heterocycles. The number of carbonyl (C=O) groups is 3. The predicted octanol–water partition coefficient (Wildman–Crippen LogP) is 5.08. The van der Waals surface area contributed by atoms with Crippen molar-refractivity contribution in [2.45, 2.75) is 154 Å². The molecule has 0 spiro atoms. The van der Waals surface area contributed by atoms with E-state index in [1.54, 1.807) is 32.2 Å². The molecule has 16 heteroatoms. The number of esters is 1. The molecule has 3 fully saturated rings. The van der Waals surface area contributed by atoms with Crippen LogP contribution in [0.5, 0.6) is 5.75 Å². The Kier molecular flexibility index (Phi) is 15.2. The number of aliphatic hydroxyl groups excluding tert-OH is 1. The second kappa shape index (κ2) is 19.1. The van der Waals surface area contributed by atoms with Crippen molar-refractivity contribution in [3.63, 3.8) is 0 Å². The number of ether oxygens (including phenoxy) is 6. The molecule has 2 aromatic rings. The molecule has 2 unspecified atom stereocenters. The number of nitrogens with zero attached hydrogens (tertiary/aromatic N) is 4. The Morgan fingerprint density at radius 3 is 2.38 bits per heavy atom. The molecule has 3 saturated heterocycles. The number of ketones is 1. The SMILES string of the molecule is CCN(CCCc1ccnc2cc(OC)ccc12)N1C(=O)O[C@]2(C)[C@@H](C)OC(=O)C(C)(F)C(=O)[C@H](C)[C@@H](O[C@@H]3O[C@H](C)C[C@H](N(C)C)[C@H]3O)[C@@](C)(OC)C[C@@H](C)C(N)[C@H](C)[C@@H]12. The van der Waals surface area contributed by atoms with Crippen LogP contribution in [-0.4, -0.2) is 150 Å². The van der Waals surface area contributed by atoms with E-state index < -0.39 is 83.2 Å². The number of cyclic esters (lactones) is 1. The third kappa shape index (κ3) is 9.56. The lowest BCUT2D eigenvalue weighted by Gasteiger charge is -2.48. The summed E-state index contributed by atoms with van der Waals surface area (Å²) < 4.78 is 53.3. The van der Waals surface area contributed by atoms with Gasteiger partial charge in [-0.2, -0.15) is 0 Å². The van der Waals surface area contributed by atoms with Gasteiger partial charge in [-0.15, -0.1) is 0 Å². The minimum absolute atomic E-state index is 0.206. The number of alkyl halides is 1. The summed E-state index contributed by atoms with van der Waals surface area (Å²) in [6.07, 6.45) is -1.88. The van der Waals surface area contributed by atoms with Gasteiger partial charge in [0.05, 0.1) is 36.5 Å². The summed E-state index contributed by atoms with van der Waals surface area (Å²) in [4.78, 5) is 48.8. The van der Waals surface area contributed by atoms with Crippen molar-refractivity contribution in [3.8, 4) is 5.75 Å². The molecule has 342 valence electrons. The molecule has 3 aliphatic heterocycles. The first-order valence-electron chi connectivity index (χ1n) is 21.6. The maximum atomic E-state index is 16.9. The molecule has 1 aromatic carbocycles. The number of hydrogen-bond acceptors (Lipinski definition) is 14. The van der Waals surface area contributed by atoms with Crippen molar-refractivity contribution in [1.82, 2.24) is 19.9 Å². The smallest absolute Gasteiger partial charge is 0.425 e. The number of carbonyl (C=O) groups excluding carboxylic acids is 3. The molecule has 0 saturated carbocycles. The Morgan fingerprint density at radius 2 is 1.75 bits per heavy atom. The van der Waals surface area contributed by atoms with E-state index in [1.807, 2.05) is 76.0 Å². The Labute approximate surface area is 360 Å². The standard InChI is InChI=1S/C45H70FN5O10/c1-14-50(21-15-16-30-19-20-48-33-23-31(56-12)17-18-32(30)33)51-37-27(4)35(47)25(2)24-43(7,57-13)39(60-40-36(52)34(49(10)11)22-26(3)58-40)28(5)38(53)44(8,46)41(54)59-29(6)45(37,9)61-42(51)55/h17-20,23,25-29,34-37,39-40,52H,14-16,21-22,24,47H2,1-13H3/t25-,26-,27+,28+,29-,34+,35?,36-,37-,39-,40+,43+,44?,45-/m1/s1. The number of aliphatic hydroxyl groups is 1. The monoisotopic (exact) mass is 860 g/mol. The van der Waals surface area contributed by atoms with Crippen molar-refractivity contribution in [2.75, 3.05) is 41.4 Å². The number of aryl methyl sites for hydroxylation is 1. The number of amides is 1. The van der Waals surface area contributed by atoms with Crippen molar-refractivity contribution in [1.29, 1.82) is 0 Å². The molecule has 3 N–H and O–H groups in total. The van der Waals surface area contributed by atoms with Crippen molar-refractivity contribution in [2.24, 2.45) is 23.5 Å². The van der Waals surface area contributed by atoms with Crippen molar-refractivity contribution < 1.29 is 52.3 Å². The van der Waals surface area contributed by atoms with E-state index in [2.05, 4.69) is 4.98 Å². The van der Waals surface area contributed by atoms with Gasteiger partial charge in [0.25, 0.3) is 5.67 Å². The van der Waals surface area contributed by atoms with Gasteiger partial charge < -0.3 is 44.2 Å². The van der Waals surface area contributed by atoms with Gasteiger partial charge in [0.2, 0.25) is 0 Å². The van der Waals surface area contributed by atoms with Crippen LogP contribution in [0.2, 0.25) is 0 Å². The molecule has 0 radical (unpaired) electrons. The van der Waals surface area contributed by atoms with Gasteiger partial charge in [-0.3, -0.25) is 9.78 Å². The summed E-state index contributed by atoms with van der Waals surface area (Å²) in [5, 5.41) is 16.0. The zero-order valence-corrected chi connectivity index (χ0v) is 38.3. The van der Waals surface area contributed by atoms with Crippen LogP contribution in [0.15, 0.2) is 30.5 Å². The maximum Gasteiger partial charge on any atom is 0.425 e. The van der Waals surface area contributed by atoms with Gasteiger partial charge in [0.1, 0.15) is 18.0 Å². The molecule has 0 aliphatic carbocycles. The Morgan fingerprint density at radius 1 is 1.07 bits per heavy atom. The third-order valence-electron chi connectivity index (χ3n) is 13.8. The van der Waals surface area contributed by atoms with Crippen LogP contribution < -0.4 is 10.5 Å². The molecule has 15 nitrogen and oxygen atoms in total. The topological polar surface area (TPSA) is 175 Å². The van der Waals surface area contributed by atoms with Crippen LogP contribution in [0, 0.1) is 17.8 Å². The van der Waals surface area contributed by atoms with Gasteiger partial charge >= 0.3 is 12.1 Å². The van der Waals surface area contributed by atoms with Gasteiger partial charge in [-0.25, -0.2) is 24.0 Å². The van der Waals surface area contributed by atoms with E-state index in [4.69, 9.17) is 34.2 Å². The summed E-state index contributed by atoms with van der Waals surface area (Å²) in [5.74, 6) is -3.97. The Balaban J connectivity index is 1.50. The molecule has 0 bridgehead atoms. The normalized spacial score (nSPS) is 38.0. The van der Waals surface area contributed by atoms with E-state index in [0.717, 1.165) is 23.4 Å². The lowest BCUT2D eigenvalue weighted by atomic mass is 9.72. The summed E-state index contributed by atoms with van der Waals surface area (Å²) in [6.45, 7) is 15.9. The van der Waals surface area contributed by atoms with E-state index in [-0.39, 0.29) is 24.5 Å². The van der Waals surface area contributed by atoms with Gasteiger partial charge in [0.15, 0.2) is 17.7 Å². The summed E-state index contributed by atoms with van der Waals surface area (Å²) in [5.41, 5.74) is 3.15. The number of pyridine rings is 1. The highest BCUT2D eigenvalue weighted by molar-refractivity contribution is 6.07. The number of hydrogen-bond donors (Lipinski definition) is 2. The van der Waals surface area contributed by atoms with Crippen molar-refractivity contribution in [3.05, 3.63) is 36.0 Å². The van der Waals surface area contributed by atoms with E-state index in [0.29, 0.717) is 38.1 Å². The van der Waals surface area contributed by atoms with Gasteiger partial charge in [-0.1, -0.05) is 27.7 Å². The van der Waals surface area contributed by atoms with Gasteiger partial charge in [0, 0.05) is 55.9 Å². The zero-order chi connectivity index (χ0) is 45.4. The van der Waals surface area contributed by atoms with Crippen LogP contribution in [0.1, 0.15) is 87.1 Å². The maximum absolute atomic E-state index is 16.9. The number of fused-ring (bicyclic) bond motifs is 2. The minimum atomic E-state index is -3.15. The zero-order valence-electron chi connectivity index (χ0n) is 38.3. The molecule has 61 heavy (non-hydrogen) atoms. The molecule has 1 aromatic heterocycles. The molecular formula is C45H70FN5O10. The summed E-state index contributed by atoms with van der Waals surface area (Å²) in [6, 6.07) is 6.03. The first-order chi connectivity index (χ1) is 28.6. The predicted molar refractivity (Wildman–Crippen MR) is 227 cm³/mol. The highest BCUT2D eigenvalue weighted by atomic mass is 19.1. The Bertz CT molecular complexity index is 1870. The molecule has 3 aliphatic rings. The number of likely N-dealkylation sites (N-methyl/N-ethyl adjacent to an activating group) is 1. The lowest BCUT2D eigenvalue weighted by Crippen LogP contribution is -2.64. The minimum Gasteiger partial charge on any atom is -0.497 e. The number of hydrazine groups is 1. The highest BCUT2D eigenvalue weighted by Crippen LogP contribution is 2.44. The first kappa shape index (κ1) is 48.5. The quantitative estimate of drug-likeness (QED) is 0.226. The number of halogens is 1. The van der Waals surface area contributed by atoms with E-state index >= 15 is 4.39 Å². The summed E-state index contributed by atoms with van der Waals surface area (Å²) in [7, 11) is 6.78. The fourth-order valence-electron chi connectivity index (χ4n) is 9.88. The highest BCUT2D eigenvalue weighted by Gasteiger charge is 2.62. The fraction of sp³-hybridized carbons (Fsp3) is 0.733. The molecule has 14 atom stereocenters. The lowest BCUT2D eigenvalue weighted by molar-refractivity contribution is -0.296. The molecule has 5 rings (SSSR count). The van der Waals surface area contributed by atoms with Crippen LogP contribution in [-0.2, 0) is 39.7 Å². The van der Waals surface area contributed by atoms with E-state index in [1.165, 1.54) is 21.0 Å². The number of aromatic nitrogens is 1. The second-order valence-electron chi connectivity index (χ2n) is 18.3. The van der Waals surface area contributed by atoms with Crippen LogP contribution >= 0.6 is 0 Å².